The van der Waals surface area contributed by atoms with Crippen molar-refractivity contribution in [2.45, 2.75) is 19.8 Å². The van der Waals surface area contributed by atoms with Gasteiger partial charge in [-0.1, -0.05) is 12.2 Å². The Bertz CT molecular complexity index is 256. The van der Waals surface area contributed by atoms with E-state index >= 15 is 0 Å². The summed E-state index contributed by atoms with van der Waals surface area (Å²) in [7, 11) is 1.60. The maximum Gasteiger partial charge on any atom is 0.307 e. The Morgan fingerprint density at radius 1 is 1.47 bits per heavy atom. The molecular formula is C9H16N2O3S. The fraction of sp³-hybridized carbons (Fsp3) is 0.667. The predicted octanol–water partition coefficient (Wildman–Crippen LogP) is 0.0742. The van der Waals surface area contributed by atoms with Crippen LogP contribution in [0.25, 0.3) is 0 Å². The lowest BCUT2D eigenvalue weighted by molar-refractivity contribution is -0.143. The van der Waals surface area contributed by atoms with Crippen LogP contribution in [0.3, 0.4) is 0 Å². The number of esters is 1. The molecule has 0 aliphatic rings. The number of hydrogen-bond donors (Lipinski definition) is 1. The molecule has 0 saturated carbocycles. The lowest BCUT2D eigenvalue weighted by Crippen LogP contribution is -2.32. The van der Waals surface area contributed by atoms with Gasteiger partial charge >= 0.3 is 5.97 Å². The third-order valence-corrected chi connectivity index (χ3v) is 1.85. The molecule has 5 nitrogen and oxygen atoms in total. The lowest BCUT2D eigenvalue weighted by atomic mass is 10.3. The molecule has 0 heterocycles. The second-order valence-electron chi connectivity index (χ2n) is 3.01. The van der Waals surface area contributed by atoms with Crippen molar-refractivity contribution in [2.75, 3.05) is 20.2 Å². The molecule has 0 atom stereocenters. The van der Waals surface area contributed by atoms with Gasteiger partial charge < -0.3 is 15.4 Å². The van der Waals surface area contributed by atoms with E-state index in [-0.39, 0.29) is 29.7 Å². The third kappa shape index (κ3) is 6.84. The summed E-state index contributed by atoms with van der Waals surface area (Å²) in [5, 5.41) is 0. The number of rotatable bonds is 6. The summed E-state index contributed by atoms with van der Waals surface area (Å²) in [4.78, 5) is 23.9. The summed E-state index contributed by atoms with van der Waals surface area (Å²) < 4.78 is 4.73. The Labute approximate surface area is 94.6 Å². The summed E-state index contributed by atoms with van der Waals surface area (Å²) in [6, 6.07) is 0. The van der Waals surface area contributed by atoms with Gasteiger partial charge in [-0.3, -0.25) is 9.59 Å². The number of amides is 1. The molecule has 2 N–H and O–H groups in total. The van der Waals surface area contributed by atoms with Crippen LogP contribution in [0.5, 0.6) is 0 Å². The normalized spacial score (nSPS) is 9.47. The van der Waals surface area contributed by atoms with Crippen LogP contribution in [0.1, 0.15) is 19.8 Å². The van der Waals surface area contributed by atoms with Crippen molar-refractivity contribution >= 4 is 29.1 Å². The summed E-state index contributed by atoms with van der Waals surface area (Å²) in [6.07, 6.45) is 0.224. The quantitative estimate of drug-likeness (QED) is 0.518. The Morgan fingerprint density at radius 2 is 2.07 bits per heavy atom. The first-order valence-electron chi connectivity index (χ1n) is 4.65. The molecule has 86 valence electrons. The molecule has 15 heavy (non-hydrogen) atoms. The number of carbonyl (C=O) groups is 2. The van der Waals surface area contributed by atoms with E-state index in [1.54, 1.807) is 14.0 Å². The van der Waals surface area contributed by atoms with E-state index in [1.165, 1.54) is 4.90 Å². The van der Waals surface area contributed by atoms with Gasteiger partial charge in [0.15, 0.2) is 0 Å². The highest BCUT2D eigenvalue weighted by atomic mass is 32.1. The van der Waals surface area contributed by atoms with E-state index in [9.17, 15) is 9.59 Å². The summed E-state index contributed by atoms with van der Waals surface area (Å²) >= 11 is 4.61. The van der Waals surface area contributed by atoms with Crippen LogP contribution >= 0.6 is 12.2 Å². The van der Waals surface area contributed by atoms with E-state index in [1.807, 2.05) is 0 Å². The molecule has 0 aliphatic carbocycles. The summed E-state index contributed by atoms with van der Waals surface area (Å²) in [6.45, 7) is 2.41. The first-order valence-corrected chi connectivity index (χ1v) is 5.06. The molecule has 0 spiro atoms. The van der Waals surface area contributed by atoms with Gasteiger partial charge in [0.25, 0.3) is 0 Å². The topological polar surface area (TPSA) is 72.6 Å². The summed E-state index contributed by atoms with van der Waals surface area (Å²) in [5.74, 6) is -0.501. The van der Waals surface area contributed by atoms with Crippen LogP contribution in [0.4, 0.5) is 0 Å². The number of hydrogen-bond acceptors (Lipinski definition) is 4. The minimum Gasteiger partial charge on any atom is -0.466 e. The molecule has 0 aromatic rings. The lowest BCUT2D eigenvalue weighted by Gasteiger charge is -2.15. The van der Waals surface area contributed by atoms with E-state index in [2.05, 4.69) is 12.2 Å². The fourth-order valence-corrected chi connectivity index (χ4v) is 1.02. The Hall–Kier alpha value is -1.17. The number of thiocarbonyl (C=S) groups is 1. The highest BCUT2D eigenvalue weighted by Crippen LogP contribution is 1.95. The zero-order valence-corrected chi connectivity index (χ0v) is 9.80. The van der Waals surface area contributed by atoms with Gasteiger partial charge in [-0.15, -0.1) is 0 Å². The molecule has 0 fully saturated rings. The first kappa shape index (κ1) is 13.8. The second-order valence-corrected chi connectivity index (χ2v) is 3.54. The van der Waals surface area contributed by atoms with Gasteiger partial charge in [-0.25, -0.2) is 0 Å². The zero-order valence-electron chi connectivity index (χ0n) is 8.99. The monoisotopic (exact) mass is 232 g/mol. The van der Waals surface area contributed by atoms with E-state index in [0.29, 0.717) is 13.2 Å². The van der Waals surface area contributed by atoms with E-state index in [0.717, 1.165) is 0 Å². The smallest absolute Gasteiger partial charge is 0.307 e. The number of nitrogens with zero attached hydrogens (tertiary/aromatic N) is 1. The highest BCUT2D eigenvalue weighted by molar-refractivity contribution is 7.80. The maximum absolute atomic E-state index is 11.3. The van der Waals surface area contributed by atoms with Crippen molar-refractivity contribution in [1.82, 2.24) is 4.90 Å². The molecule has 0 bridgehead atoms. The van der Waals surface area contributed by atoms with Crippen molar-refractivity contribution in [3.8, 4) is 0 Å². The molecule has 0 aromatic heterocycles. The van der Waals surface area contributed by atoms with Crippen molar-refractivity contribution in [1.29, 1.82) is 0 Å². The Balaban J connectivity index is 3.82. The molecule has 1 amide bonds. The molecule has 0 rings (SSSR count). The first-order chi connectivity index (χ1) is 6.97. The van der Waals surface area contributed by atoms with E-state index < -0.39 is 0 Å². The highest BCUT2D eigenvalue weighted by Gasteiger charge is 2.11. The van der Waals surface area contributed by atoms with Crippen molar-refractivity contribution in [2.24, 2.45) is 5.73 Å². The van der Waals surface area contributed by atoms with Crippen molar-refractivity contribution in [3.05, 3.63) is 0 Å². The zero-order chi connectivity index (χ0) is 11.8. The molecule has 0 aliphatic heterocycles. The Morgan fingerprint density at radius 3 is 2.53 bits per heavy atom. The van der Waals surface area contributed by atoms with Crippen LogP contribution < -0.4 is 5.73 Å². The van der Waals surface area contributed by atoms with Crippen LogP contribution in [0.15, 0.2) is 0 Å². The molecule has 0 aromatic carbocycles. The third-order valence-electron chi connectivity index (χ3n) is 1.71. The van der Waals surface area contributed by atoms with Crippen LogP contribution in [-0.2, 0) is 14.3 Å². The second kappa shape index (κ2) is 7.17. The van der Waals surface area contributed by atoms with Crippen molar-refractivity contribution in [3.63, 3.8) is 0 Å². The molecular weight excluding hydrogens is 216 g/mol. The van der Waals surface area contributed by atoms with Crippen molar-refractivity contribution < 1.29 is 14.3 Å². The minimum atomic E-state index is -0.313. The van der Waals surface area contributed by atoms with Gasteiger partial charge in [-0.05, 0) is 6.92 Å². The Kier molecular flexibility index (Phi) is 6.61. The van der Waals surface area contributed by atoms with E-state index in [4.69, 9.17) is 10.5 Å². The number of ether oxygens (including phenoxy) is 1. The maximum atomic E-state index is 11.3. The van der Waals surface area contributed by atoms with Crippen LogP contribution in [0.2, 0.25) is 0 Å². The van der Waals surface area contributed by atoms with Gasteiger partial charge in [-0.2, -0.15) is 0 Å². The molecule has 0 radical (unpaired) electrons. The largest absolute Gasteiger partial charge is 0.466 e. The number of carbonyl (C=O) groups excluding carboxylic acids is 2. The average Bonchev–Trinajstić information content (AvgIpc) is 2.13. The standard InChI is InChI=1S/C9H16N2O3S/c1-3-14-9(13)4-5-11(2)8(12)6-7(10)15/h3-6H2,1-2H3,(H2,10,15). The van der Waals surface area contributed by atoms with Gasteiger partial charge in [0, 0.05) is 13.6 Å². The predicted molar refractivity (Wildman–Crippen MR) is 60.3 cm³/mol. The van der Waals surface area contributed by atoms with Crippen LogP contribution in [0, 0.1) is 0 Å². The van der Waals surface area contributed by atoms with Gasteiger partial charge in [0.1, 0.15) is 0 Å². The molecule has 6 heteroatoms. The average molecular weight is 232 g/mol. The van der Waals surface area contributed by atoms with Crippen LogP contribution in [-0.4, -0.2) is 42.0 Å². The fourth-order valence-electron chi connectivity index (χ4n) is 0.901. The molecule has 0 unspecified atom stereocenters. The SMILES string of the molecule is CCOC(=O)CCN(C)C(=O)CC(N)=S. The summed E-state index contributed by atoms with van der Waals surface area (Å²) in [5.41, 5.74) is 5.23. The number of nitrogens with two attached hydrogens (primary N) is 1. The molecule has 0 saturated heterocycles. The minimum absolute atomic E-state index is 0.0364. The van der Waals surface area contributed by atoms with Gasteiger partial charge in [0.2, 0.25) is 5.91 Å². The van der Waals surface area contributed by atoms with Gasteiger partial charge in [0.05, 0.1) is 24.4 Å².